The summed E-state index contributed by atoms with van der Waals surface area (Å²) in [6, 6.07) is -0.612. The molecule has 1 saturated heterocycles. The minimum atomic E-state index is -0.258. The number of fused-ring (bicyclic) bond motifs is 1. The monoisotopic (exact) mass is 291 g/mol. The van der Waals surface area contributed by atoms with Crippen LogP contribution in [0.15, 0.2) is 23.3 Å². The number of amides is 3. The molecule has 0 aromatic rings. The van der Waals surface area contributed by atoms with Gasteiger partial charge in [0.05, 0.1) is 18.6 Å². The molecule has 2 rings (SSSR count). The van der Waals surface area contributed by atoms with Crippen LogP contribution in [0.2, 0.25) is 0 Å². The number of hydrogen-bond donors (Lipinski definition) is 0. The highest BCUT2D eigenvalue weighted by Crippen LogP contribution is 2.32. The molecule has 0 aromatic heterocycles. The van der Waals surface area contributed by atoms with Gasteiger partial charge in [-0.05, 0) is 19.4 Å². The summed E-state index contributed by atoms with van der Waals surface area (Å²) >= 11 is 0. The lowest BCUT2D eigenvalue weighted by Crippen LogP contribution is -2.44. The first-order chi connectivity index (χ1) is 9.86. The summed E-state index contributed by atoms with van der Waals surface area (Å²) in [5, 5.41) is 0. The second-order valence-corrected chi connectivity index (χ2v) is 5.75. The van der Waals surface area contributed by atoms with Crippen molar-refractivity contribution in [1.82, 2.24) is 14.7 Å². The predicted octanol–water partition coefficient (Wildman–Crippen LogP) is 0.655. The topological polar surface area (TPSA) is 60.9 Å². The molecule has 0 aromatic carbocycles. The molecule has 2 unspecified atom stereocenters. The van der Waals surface area contributed by atoms with E-state index in [2.05, 4.69) is 0 Å². The summed E-state index contributed by atoms with van der Waals surface area (Å²) < 4.78 is 0. The van der Waals surface area contributed by atoms with Gasteiger partial charge < -0.3 is 19.5 Å². The average Bonchev–Trinajstić information content (AvgIpc) is 2.64. The van der Waals surface area contributed by atoms with E-state index in [0.29, 0.717) is 0 Å². The smallest absolute Gasteiger partial charge is 0.322 e. The third-order valence-electron chi connectivity index (χ3n) is 3.94. The van der Waals surface area contributed by atoms with E-state index in [0.717, 1.165) is 17.4 Å². The van der Waals surface area contributed by atoms with Crippen LogP contribution in [-0.4, -0.2) is 72.2 Å². The Kier molecular flexibility index (Phi) is 4.16. The Morgan fingerprint density at radius 1 is 1.33 bits per heavy atom. The number of allylic oxidation sites excluding steroid dienone is 2. The second-order valence-electron chi connectivity index (χ2n) is 5.75. The zero-order valence-electron chi connectivity index (χ0n) is 12.9. The highest BCUT2D eigenvalue weighted by Gasteiger charge is 2.46. The third-order valence-corrected chi connectivity index (χ3v) is 3.94. The molecule has 21 heavy (non-hydrogen) atoms. The Balaban J connectivity index is 2.33. The first kappa shape index (κ1) is 15.3. The molecule has 3 amide bonds. The minimum Gasteiger partial charge on any atom is -0.347 e. The molecule has 6 nitrogen and oxygen atoms in total. The van der Waals surface area contributed by atoms with Gasteiger partial charge in [-0.3, -0.25) is 4.79 Å². The van der Waals surface area contributed by atoms with Crippen LogP contribution in [0.1, 0.15) is 13.8 Å². The van der Waals surface area contributed by atoms with Crippen molar-refractivity contribution in [3.05, 3.63) is 23.3 Å². The predicted molar refractivity (Wildman–Crippen MR) is 78.7 cm³/mol. The van der Waals surface area contributed by atoms with Gasteiger partial charge in [-0.15, -0.1) is 0 Å². The number of likely N-dealkylation sites (N-methyl/N-ethyl adjacent to an activating group) is 1. The van der Waals surface area contributed by atoms with Gasteiger partial charge in [0.1, 0.15) is 12.8 Å². The quantitative estimate of drug-likeness (QED) is 0.715. The molecule has 6 heteroatoms. The molecule has 0 radical (unpaired) electrons. The van der Waals surface area contributed by atoms with Gasteiger partial charge in [0.2, 0.25) is 5.91 Å². The highest BCUT2D eigenvalue weighted by atomic mass is 16.2. The molecule has 1 heterocycles. The summed E-state index contributed by atoms with van der Waals surface area (Å²) in [6.07, 6.45) is 4.73. The minimum absolute atomic E-state index is 0.0282. The third kappa shape index (κ3) is 2.70. The van der Waals surface area contributed by atoms with Crippen LogP contribution in [0.5, 0.6) is 0 Å². The molecular formula is C15H21N3O3. The lowest BCUT2D eigenvalue weighted by molar-refractivity contribution is -0.129. The largest absolute Gasteiger partial charge is 0.347 e. The molecule has 114 valence electrons. The number of aldehydes is 1. The Bertz CT molecular complexity index is 536. The zero-order valence-corrected chi connectivity index (χ0v) is 12.9. The van der Waals surface area contributed by atoms with Crippen LogP contribution < -0.4 is 0 Å². The Morgan fingerprint density at radius 3 is 2.57 bits per heavy atom. The van der Waals surface area contributed by atoms with E-state index < -0.39 is 0 Å². The normalized spacial score (nSPS) is 24.5. The molecule has 2 aliphatic rings. The van der Waals surface area contributed by atoms with Crippen molar-refractivity contribution in [2.75, 3.05) is 27.2 Å². The fourth-order valence-corrected chi connectivity index (χ4v) is 2.96. The number of hydrogen-bond acceptors (Lipinski definition) is 3. The number of rotatable bonds is 4. The van der Waals surface area contributed by atoms with E-state index in [1.165, 1.54) is 9.80 Å². The van der Waals surface area contributed by atoms with Crippen LogP contribution in [-0.2, 0) is 9.59 Å². The maximum absolute atomic E-state index is 12.5. The molecule has 1 fully saturated rings. The van der Waals surface area contributed by atoms with E-state index in [1.54, 1.807) is 19.0 Å². The van der Waals surface area contributed by atoms with Crippen molar-refractivity contribution in [3.8, 4) is 0 Å². The van der Waals surface area contributed by atoms with E-state index in [9.17, 15) is 14.4 Å². The van der Waals surface area contributed by atoms with Crippen molar-refractivity contribution in [1.29, 1.82) is 0 Å². The van der Waals surface area contributed by atoms with Crippen molar-refractivity contribution >= 4 is 18.2 Å². The lowest BCUT2D eigenvalue weighted by atomic mass is 9.91. The van der Waals surface area contributed by atoms with Crippen LogP contribution in [0.25, 0.3) is 0 Å². The van der Waals surface area contributed by atoms with E-state index in [1.807, 2.05) is 26.0 Å². The van der Waals surface area contributed by atoms with Gasteiger partial charge in [-0.25, -0.2) is 4.79 Å². The lowest BCUT2D eigenvalue weighted by Gasteiger charge is -2.30. The van der Waals surface area contributed by atoms with Gasteiger partial charge in [0.15, 0.2) is 0 Å². The van der Waals surface area contributed by atoms with Gasteiger partial charge in [0.25, 0.3) is 0 Å². The average molecular weight is 291 g/mol. The Labute approximate surface area is 124 Å². The molecule has 2 atom stereocenters. The second kappa shape index (κ2) is 5.71. The first-order valence-electron chi connectivity index (χ1n) is 6.94. The van der Waals surface area contributed by atoms with Crippen LogP contribution in [0, 0.1) is 0 Å². The van der Waals surface area contributed by atoms with Gasteiger partial charge >= 0.3 is 6.03 Å². The van der Waals surface area contributed by atoms with Crippen LogP contribution in [0.4, 0.5) is 4.79 Å². The molecule has 0 spiro atoms. The summed E-state index contributed by atoms with van der Waals surface area (Å²) in [6.45, 7) is 4.00. The van der Waals surface area contributed by atoms with Crippen molar-refractivity contribution in [3.63, 3.8) is 0 Å². The molecule has 0 N–H and O–H groups in total. The molecule has 1 aliphatic carbocycles. The maximum atomic E-state index is 12.5. The maximum Gasteiger partial charge on any atom is 0.322 e. The molecule has 0 saturated carbocycles. The van der Waals surface area contributed by atoms with Crippen molar-refractivity contribution in [2.45, 2.75) is 25.9 Å². The first-order valence-corrected chi connectivity index (χ1v) is 6.94. The number of carbonyl (C=O) groups excluding carboxylic acids is 3. The molecular weight excluding hydrogens is 270 g/mol. The van der Waals surface area contributed by atoms with Crippen molar-refractivity contribution < 1.29 is 14.4 Å². The van der Waals surface area contributed by atoms with Crippen molar-refractivity contribution in [2.24, 2.45) is 0 Å². The van der Waals surface area contributed by atoms with Gasteiger partial charge in [-0.2, -0.15) is 0 Å². The highest BCUT2D eigenvalue weighted by molar-refractivity contribution is 5.87. The Morgan fingerprint density at radius 2 is 2.00 bits per heavy atom. The fourth-order valence-electron chi connectivity index (χ4n) is 2.96. The zero-order chi connectivity index (χ0) is 15.7. The van der Waals surface area contributed by atoms with Crippen LogP contribution >= 0.6 is 0 Å². The number of nitrogens with zero attached hydrogens (tertiary/aromatic N) is 3. The SMILES string of the molecule is CC1=CC2C(C(C)=C1)N(CC(=O)N(C)C)C(=O)N2CC=O. The standard InChI is InChI=1S/C15H21N3O3/c1-10-7-11(2)14-12(8-10)17(5-6-19)15(21)18(14)9-13(20)16(3)4/h6-8,12,14H,5,9H2,1-4H3. The van der Waals surface area contributed by atoms with E-state index in [-0.39, 0.29) is 37.1 Å². The molecule has 1 aliphatic heterocycles. The van der Waals surface area contributed by atoms with Gasteiger partial charge in [0, 0.05) is 14.1 Å². The fraction of sp³-hybridized carbons (Fsp3) is 0.533. The molecule has 0 bridgehead atoms. The summed E-state index contributed by atoms with van der Waals surface area (Å²) in [4.78, 5) is 39.9. The number of carbonyl (C=O) groups is 3. The number of urea groups is 1. The Hall–Kier alpha value is -2.11. The van der Waals surface area contributed by atoms with Crippen LogP contribution in [0.3, 0.4) is 0 Å². The van der Waals surface area contributed by atoms with E-state index >= 15 is 0 Å². The summed E-state index contributed by atoms with van der Waals surface area (Å²) in [7, 11) is 3.33. The van der Waals surface area contributed by atoms with E-state index in [4.69, 9.17) is 0 Å². The summed E-state index contributed by atoms with van der Waals surface area (Å²) in [5.41, 5.74) is 2.10. The van der Waals surface area contributed by atoms with Gasteiger partial charge in [-0.1, -0.05) is 17.7 Å². The summed E-state index contributed by atoms with van der Waals surface area (Å²) in [5.74, 6) is -0.130.